The van der Waals surface area contributed by atoms with Crippen molar-refractivity contribution < 1.29 is 9.15 Å². The molecule has 1 aromatic carbocycles. The summed E-state index contributed by atoms with van der Waals surface area (Å²) in [4.78, 5) is 0. The maximum Gasteiger partial charge on any atom is 0.156 e. The predicted octanol–water partition coefficient (Wildman–Crippen LogP) is 4.70. The van der Waals surface area contributed by atoms with E-state index in [2.05, 4.69) is 5.32 Å². The summed E-state index contributed by atoms with van der Waals surface area (Å²) >= 11 is 12.3. The van der Waals surface area contributed by atoms with Crippen LogP contribution in [0.3, 0.4) is 0 Å². The second-order valence-electron chi connectivity index (χ2n) is 4.00. The highest BCUT2D eigenvalue weighted by atomic mass is 35.5. The molecule has 0 saturated carbocycles. The molecular weight excluding hydrogens is 321 g/mol. The minimum Gasteiger partial charge on any atom is -0.491 e. The fraction of sp³-hybridized carbons (Fsp3) is 0.286. The molecule has 3 nitrogen and oxygen atoms in total. The molecule has 1 heterocycles. The SMILES string of the molecule is CCOc1c(Cl)cc(CNCc2ccco2)cc1Cl.Cl. The minimum absolute atomic E-state index is 0. The number of hydrogen-bond acceptors (Lipinski definition) is 3. The van der Waals surface area contributed by atoms with Crippen molar-refractivity contribution in [3.8, 4) is 5.75 Å². The van der Waals surface area contributed by atoms with Gasteiger partial charge in [-0.1, -0.05) is 23.2 Å². The topological polar surface area (TPSA) is 34.4 Å². The maximum absolute atomic E-state index is 6.14. The molecule has 0 saturated heterocycles. The molecule has 0 aliphatic carbocycles. The summed E-state index contributed by atoms with van der Waals surface area (Å²) in [5.41, 5.74) is 1.00. The Morgan fingerprint density at radius 2 is 1.90 bits per heavy atom. The molecule has 0 amide bonds. The van der Waals surface area contributed by atoms with E-state index in [1.165, 1.54) is 0 Å². The Morgan fingerprint density at radius 3 is 2.45 bits per heavy atom. The summed E-state index contributed by atoms with van der Waals surface area (Å²) in [5, 5.41) is 4.32. The molecule has 6 heteroatoms. The van der Waals surface area contributed by atoms with Gasteiger partial charge >= 0.3 is 0 Å². The predicted molar refractivity (Wildman–Crippen MR) is 84.1 cm³/mol. The van der Waals surface area contributed by atoms with Gasteiger partial charge in [-0.15, -0.1) is 12.4 Å². The third-order valence-electron chi connectivity index (χ3n) is 2.56. The van der Waals surface area contributed by atoms with Gasteiger partial charge in [-0.3, -0.25) is 0 Å². The largest absolute Gasteiger partial charge is 0.491 e. The van der Waals surface area contributed by atoms with Gasteiger partial charge in [0, 0.05) is 6.54 Å². The number of hydrogen-bond donors (Lipinski definition) is 1. The molecular formula is C14H16Cl3NO2. The normalized spacial score (nSPS) is 10.2. The van der Waals surface area contributed by atoms with Gasteiger partial charge in [-0.25, -0.2) is 0 Å². The van der Waals surface area contributed by atoms with E-state index in [-0.39, 0.29) is 12.4 Å². The number of furan rings is 1. The van der Waals surface area contributed by atoms with E-state index in [1.54, 1.807) is 6.26 Å². The Balaban J connectivity index is 0.00000200. The van der Waals surface area contributed by atoms with Crippen LogP contribution in [-0.4, -0.2) is 6.61 Å². The van der Waals surface area contributed by atoms with Gasteiger partial charge in [0.2, 0.25) is 0 Å². The molecule has 2 rings (SSSR count). The first kappa shape index (κ1) is 17.2. The third-order valence-corrected chi connectivity index (χ3v) is 3.12. The van der Waals surface area contributed by atoms with Crippen molar-refractivity contribution in [2.24, 2.45) is 0 Å². The summed E-state index contributed by atoms with van der Waals surface area (Å²) in [6.45, 7) is 3.75. The number of ether oxygens (including phenoxy) is 1. The van der Waals surface area contributed by atoms with Crippen LogP contribution in [0, 0.1) is 0 Å². The number of nitrogens with one attached hydrogen (secondary N) is 1. The highest BCUT2D eigenvalue weighted by Crippen LogP contribution is 2.34. The van der Waals surface area contributed by atoms with Crippen molar-refractivity contribution in [3.63, 3.8) is 0 Å². The fourth-order valence-corrected chi connectivity index (χ4v) is 2.38. The van der Waals surface area contributed by atoms with Crippen LogP contribution in [0.25, 0.3) is 0 Å². The summed E-state index contributed by atoms with van der Waals surface area (Å²) in [5.74, 6) is 1.43. The first-order valence-corrected chi connectivity index (χ1v) is 6.80. The van der Waals surface area contributed by atoms with Gasteiger partial charge in [0.15, 0.2) is 5.75 Å². The molecule has 0 radical (unpaired) electrons. The number of benzene rings is 1. The van der Waals surface area contributed by atoms with Crippen molar-refractivity contribution >= 4 is 35.6 Å². The van der Waals surface area contributed by atoms with Gasteiger partial charge < -0.3 is 14.5 Å². The molecule has 110 valence electrons. The Kier molecular flexibility index (Phi) is 7.24. The van der Waals surface area contributed by atoms with Crippen molar-refractivity contribution in [2.75, 3.05) is 6.61 Å². The molecule has 0 unspecified atom stereocenters. The summed E-state index contributed by atoms with van der Waals surface area (Å²) in [6.07, 6.45) is 1.65. The Bertz CT molecular complexity index is 506. The average Bonchev–Trinajstić information content (AvgIpc) is 2.87. The zero-order chi connectivity index (χ0) is 13.7. The van der Waals surface area contributed by atoms with Crippen LogP contribution < -0.4 is 10.1 Å². The smallest absolute Gasteiger partial charge is 0.156 e. The first-order valence-electron chi connectivity index (χ1n) is 6.04. The van der Waals surface area contributed by atoms with Gasteiger partial charge in [-0.2, -0.15) is 0 Å². The van der Waals surface area contributed by atoms with Gasteiger partial charge in [-0.05, 0) is 36.8 Å². The Hall–Kier alpha value is -0.870. The second-order valence-corrected chi connectivity index (χ2v) is 4.82. The van der Waals surface area contributed by atoms with E-state index in [1.807, 2.05) is 31.2 Å². The summed E-state index contributed by atoms with van der Waals surface area (Å²) < 4.78 is 10.6. The van der Waals surface area contributed by atoms with E-state index in [0.29, 0.717) is 35.5 Å². The van der Waals surface area contributed by atoms with Crippen molar-refractivity contribution in [3.05, 3.63) is 51.9 Å². The highest BCUT2D eigenvalue weighted by molar-refractivity contribution is 6.37. The Morgan fingerprint density at radius 1 is 1.20 bits per heavy atom. The second kappa shape index (κ2) is 8.42. The summed E-state index contributed by atoms with van der Waals surface area (Å²) in [6, 6.07) is 7.49. The number of halogens is 3. The molecule has 2 aromatic rings. The molecule has 0 aliphatic heterocycles. The van der Waals surface area contributed by atoms with Crippen molar-refractivity contribution in [1.29, 1.82) is 0 Å². The molecule has 0 atom stereocenters. The summed E-state index contributed by atoms with van der Waals surface area (Å²) in [7, 11) is 0. The van der Waals surface area contributed by atoms with Crippen molar-refractivity contribution in [2.45, 2.75) is 20.0 Å². The zero-order valence-corrected chi connectivity index (χ0v) is 13.3. The van der Waals surface area contributed by atoms with Crippen LogP contribution in [-0.2, 0) is 13.1 Å². The van der Waals surface area contributed by atoms with Crippen LogP contribution >= 0.6 is 35.6 Å². The van der Waals surface area contributed by atoms with Gasteiger partial charge in [0.1, 0.15) is 5.76 Å². The van der Waals surface area contributed by atoms with E-state index in [9.17, 15) is 0 Å². The van der Waals surface area contributed by atoms with Crippen LogP contribution in [0.15, 0.2) is 34.9 Å². The molecule has 0 bridgehead atoms. The minimum atomic E-state index is 0. The number of rotatable bonds is 6. The highest BCUT2D eigenvalue weighted by Gasteiger charge is 2.09. The zero-order valence-electron chi connectivity index (χ0n) is 11.0. The quantitative estimate of drug-likeness (QED) is 0.830. The van der Waals surface area contributed by atoms with Crippen LogP contribution in [0.4, 0.5) is 0 Å². The molecule has 0 fully saturated rings. The average molecular weight is 337 g/mol. The van der Waals surface area contributed by atoms with Gasteiger partial charge in [0.25, 0.3) is 0 Å². The lowest BCUT2D eigenvalue weighted by atomic mass is 10.2. The maximum atomic E-state index is 6.14. The monoisotopic (exact) mass is 335 g/mol. The fourth-order valence-electron chi connectivity index (χ4n) is 1.74. The molecule has 0 spiro atoms. The van der Waals surface area contributed by atoms with E-state index in [4.69, 9.17) is 32.4 Å². The van der Waals surface area contributed by atoms with Crippen LogP contribution in [0.1, 0.15) is 18.2 Å². The third kappa shape index (κ3) is 4.60. The van der Waals surface area contributed by atoms with Crippen LogP contribution in [0.2, 0.25) is 10.0 Å². The Labute approximate surface area is 134 Å². The van der Waals surface area contributed by atoms with E-state index in [0.717, 1.165) is 11.3 Å². The molecule has 0 aliphatic rings. The van der Waals surface area contributed by atoms with E-state index < -0.39 is 0 Å². The lowest BCUT2D eigenvalue weighted by molar-refractivity contribution is 0.340. The van der Waals surface area contributed by atoms with E-state index >= 15 is 0 Å². The lowest BCUT2D eigenvalue weighted by Gasteiger charge is -2.10. The molecule has 1 aromatic heterocycles. The van der Waals surface area contributed by atoms with Crippen LogP contribution in [0.5, 0.6) is 5.75 Å². The molecule has 20 heavy (non-hydrogen) atoms. The van der Waals surface area contributed by atoms with Gasteiger partial charge in [0.05, 0.1) is 29.5 Å². The molecule has 1 N–H and O–H groups in total. The first-order chi connectivity index (χ1) is 9.20. The lowest BCUT2D eigenvalue weighted by Crippen LogP contribution is -2.12. The van der Waals surface area contributed by atoms with Crippen molar-refractivity contribution in [1.82, 2.24) is 5.32 Å². The standard InChI is InChI=1S/C14H15Cl2NO2.ClH/c1-2-18-14-12(15)6-10(7-13(14)16)8-17-9-11-4-3-5-19-11;/h3-7,17H,2,8-9H2,1H3;1H.